The third-order valence-corrected chi connectivity index (χ3v) is 3.50. The maximum atomic E-state index is 11.8. The summed E-state index contributed by atoms with van der Waals surface area (Å²) in [7, 11) is 0. The molecule has 1 N–H and O–H groups in total. The van der Waals surface area contributed by atoms with E-state index in [1.54, 1.807) is 30.3 Å². The number of nitro groups is 1. The highest BCUT2D eigenvalue weighted by atomic mass is 35.5. The van der Waals surface area contributed by atoms with Gasteiger partial charge in [0, 0.05) is 17.2 Å². The van der Waals surface area contributed by atoms with E-state index in [9.17, 15) is 14.9 Å². The number of nitro benzene ring substituents is 1. The standard InChI is InChI=1S/C15H9ClN4O3/c16-11-6-5-9(7-13(11)20(22)23)8-17-19-14-10-3-1-2-4-12(10)18-15(14)21/h1-8H,(H,18,19,21). The van der Waals surface area contributed by atoms with Crippen LogP contribution in [0.3, 0.4) is 0 Å². The number of fused-ring (bicyclic) bond motifs is 1. The third-order valence-electron chi connectivity index (χ3n) is 3.18. The molecule has 7 nitrogen and oxygen atoms in total. The van der Waals surface area contributed by atoms with E-state index in [0.29, 0.717) is 16.8 Å². The Bertz CT molecular complexity index is 877. The molecule has 1 heterocycles. The van der Waals surface area contributed by atoms with E-state index in [0.717, 1.165) is 0 Å². The van der Waals surface area contributed by atoms with Crippen molar-refractivity contribution < 1.29 is 9.72 Å². The average Bonchev–Trinajstić information content (AvgIpc) is 2.84. The van der Waals surface area contributed by atoms with Crippen LogP contribution >= 0.6 is 11.6 Å². The monoisotopic (exact) mass is 328 g/mol. The van der Waals surface area contributed by atoms with Crippen LogP contribution < -0.4 is 5.32 Å². The fourth-order valence-corrected chi connectivity index (χ4v) is 2.29. The van der Waals surface area contributed by atoms with Gasteiger partial charge < -0.3 is 5.32 Å². The summed E-state index contributed by atoms with van der Waals surface area (Å²) < 4.78 is 0. The van der Waals surface area contributed by atoms with Crippen molar-refractivity contribution in [1.82, 2.24) is 0 Å². The van der Waals surface area contributed by atoms with Gasteiger partial charge >= 0.3 is 0 Å². The Balaban J connectivity index is 1.88. The smallest absolute Gasteiger partial charge is 0.288 e. The lowest BCUT2D eigenvalue weighted by Crippen LogP contribution is -2.13. The van der Waals surface area contributed by atoms with Gasteiger partial charge in [0.25, 0.3) is 11.6 Å². The van der Waals surface area contributed by atoms with Gasteiger partial charge in [0.05, 0.1) is 16.8 Å². The van der Waals surface area contributed by atoms with Crippen molar-refractivity contribution in [2.45, 2.75) is 0 Å². The van der Waals surface area contributed by atoms with E-state index in [2.05, 4.69) is 15.5 Å². The van der Waals surface area contributed by atoms with Gasteiger partial charge in [-0.3, -0.25) is 14.9 Å². The zero-order valence-corrected chi connectivity index (χ0v) is 12.3. The number of para-hydroxylation sites is 1. The van der Waals surface area contributed by atoms with Crippen LogP contribution in [0.5, 0.6) is 0 Å². The van der Waals surface area contributed by atoms with Crippen LogP contribution in [0.2, 0.25) is 5.02 Å². The SMILES string of the molecule is O=C1Nc2ccccc2C1=NN=Cc1ccc(Cl)c([N+](=O)[O-])c1. The molecule has 8 heteroatoms. The molecule has 23 heavy (non-hydrogen) atoms. The van der Waals surface area contributed by atoms with E-state index in [1.807, 2.05) is 0 Å². The molecule has 0 bridgehead atoms. The van der Waals surface area contributed by atoms with Gasteiger partial charge in [-0.15, -0.1) is 5.10 Å². The molecular formula is C15H9ClN4O3. The van der Waals surface area contributed by atoms with E-state index in [1.165, 1.54) is 18.3 Å². The number of carbonyl (C=O) groups excluding carboxylic acids is 1. The second-order valence-electron chi connectivity index (χ2n) is 4.66. The van der Waals surface area contributed by atoms with Gasteiger partial charge in [0.2, 0.25) is 0 Å². The molecule has 0 aromatic heterocycles. The molecule has 0 saturated carbocycles. The number of anilines is 1. The predicted octanol–water partition coefficient (Wildman–Crippen LogP) is 3.02. The van der Waals surface area contributed by atoms with E-state index in [4.69, 9.17) is 11.6 Å². The summed E-state index contributed by atoms with van der Waals surface area (Å²) in [6, 6.07) is 11.4. The van der Waals surface area contributed by atoms with Gasteiger partial charge in [-0.1, -0.05) is 35.9 Å². The van der Waals surface area contributed by atoms with Gasteiger partial charge in [0.1, 0.15) is 5.02 Å². The maximum Gasteiger partial charge on any atom is 0.288 e. The molecule has 0 aliphatic carbocycles. The molecule has 0 unspecified atom stereocenters. The highest BCUT2D eigenvalue weighted by Crippen LogP contribution is 2.25. The molecular weight excluding hydrogens is 320 g/mol. The predicted molar refractivity (Wildman–Crippen MR) is 87.3 cm³/mol. The quantitative estimate of drug-likeness (QED) is 0.532. The zero-order valence-electron chi connectivity index (χ0n) is 11.6. The van der Waals surface area contributed by atoms with E-state index >= 15 is 0 Å². The minimum atomic E-state index is -0.577. The van der Waals surface area contributed by atoms with Crippen LogP contribution in [-0.4, -0.2) is 22.8 Å². The highest BCUT2D eigenvalue weighted by molar-refractivity contribution is 6.53. The Labute approximate surface area is 135 Å². The molecule has 1 aliphatic heterocycles. The lowest BCUT2D eigenvalue weighted by atomic mass is 10.1. The Morgan fingerprint density at radius 1 is 1.22 bits per heavy atom. The molecule has 0 fully saturated rings. The summed E-state index contributed by atoms with van der Waals surface area (Å²) in [4.78, 5) is 22.1. The molecule has 1 aliphatic rings. The first-order valence-corrected chi connectivity index (χ1v) is 6.90. The van der Waals surface area contributed by atoms with Gasteiger partial charge in [-0.2, -0.15) is 5.10 Å². The first kappa shape index (κ1) is 14.9. The third kappa shape index (κ3) is 2.95. The molecule has 0 saturated heterocycles. The number of hydrogen-bond acceptors (Lipinski definition) is 5. The van der Waals surface area contributed by atoms with Crippen molar-refractivity contribution in [3.05, 3.63) is 68.7 Å². The first-order valence-electron chi connectivity index (χ1n) is 6.52. The maximum absolute atomic E-state index is 11.8. The Kier molecular flexibility index (Phi) is 3.86. The van der Waals surface area contributed by atoms with Crippen molar-refractivity contribution in [3.8, 4) is 0 Å². The van der Waals surface area contributed by atoms with E-state index < -0.39 is 4.92 Å². The molecule has 0 spiro atoms. The fourth-order valence-electron chi connectivity index (χ4n) is 2.10. The number of benzene rings is 2. The van der Waals surface area contributed by atoms with Crippen LogP contribution in [0.4, 0.5) is 11.4 Å². The molecule has 3 rings (SSSR count). The van der Waals surface area contributed by atoms with E-state index in [-0.39, 0.29) is 22.3 Å². The van der Waals surface area contributed by atoms with Crippen molar-refractivity contribution in [2.75, 3.05) is 5.32 Å². The average molecular weight is 329 g/mol. The molecule has 0 radical (unpaired) electrons. The summed E-state index contributed by atoms with van der Waals surface area (Å²) in [5.41, 5.74) is 1.77. The number of halogens is 1. The van der Waals surface area contributed by atoms with Crippen molar-refractivity contribution in [1.29, 1.82) is 0 Å². The van der Waals surface area contributed by atoms with Gasteiger partial charge in [-0.05, 0) is 12.1 Å². The minimum Gasteiger partial charge on any atom is -0.320 e. The number of amides is 1. The normalized spacial score (nSPS) is 15.0. The van der Waals surface area contributed by atoms with Crippen molar-refractivity contribution in [3.63, 3.8) is 0 Å². The molecule has 0 atom stereocenters. The van der Waals surface area contributed by atoms with Crippen LogP contribution in [-0.2, 0) is 4.79 Å². The van der Waals surface area contributed by atoms with Gasteiger partial charge in [-0.25, -0.2) is 0 Å². The second-order valence-corrected chi connectivity index (χ2v) is 5.07. The molecule has 2 aromatic rings. The Hall–Kier alpha value is -3.06. The number of carbonyl (C=O) groups is 1. The minimum absolute atomic E-state index is 0.0440. The topological polar surface area (TPSA) is 97.0 Å². The van der Waals surface area contributed by atoms with Crippen LogP contribution in [0.25, 0.3) is 0 Å². The number of hydrogen-bond donors (Lipinski definition) is 1. The number of rotatable bonds is 3. The lowest BCUT2D eigenvalue weighted by Gasteiger charge is -1.96. The van der Waals surface area contributed by atoms with Crippen molar-refractivity contribution in [2.24, 2.45) is 10.2 Å². The first-order chi connectivity index (χ1) is 11.1. The van der Waals surface area contributed by atoms with Crippen LogP contribution in [0.15, 0.2) is 52.7 Å². The summed E-state index contributed by atoms with van der Waals surface area (Å²) in [6.07, 6.45) is 1.32. The largest absolute Gasteiger partial charge is 0.320 e. The molecule has 114 valence electrons. The lowest BCUT2D eigenvalue weighted by molar-refractivity contribution is -0.384. The van der Waals surface area contributed by atoms with Gasteiger partial charge in [0.15, 0.2) is 5.71 Å². The zero-order chi connectivity index (χ0) is 16.4. The van der Waals surface area contributed by atoms with Crippen molar-refractivity contribution >= 4 is 40.8 Å². The summed E-state index contributed by atoms with van der Waals surface area (Å²) >= 11 is 5.74. The molecule has 1 amide bonds. The number of nitrogens with zero attached hydrogens (tertiary/aromatic N) is 3. The number of nitrogens with one attached hydrogen (secondary N) is 1. The Morgan fingerprint density at radius 3 is 2.78 bits per heavy atom. The highest BCUT2D eigenvalue weighted by Gasteiger charge is 2.25. The fraction of sp³-hybridized carbons (Fsp3) is 0. The summed E-state index contributed by atoms with van der Waals surface area (Å²) in [6.45, 7) is 0. The van der Waals surface area contributed by atoms with Crippen LogP contribution in [0.1, 0.15) is 11.1 Å². The summed E-state index contributed by atoms with van der Waals surface area (Å²) in [5.74, 6) is -0.342. The second kappa shape index (κ2) is 5.98. The van der Waals surface area contributed by atoms with Crippen LogP contribution in [0, 0.1) is 10.1 Å². The Morgan fingerprint density at radius 2 is 2.00 bits per heavy atom. The summed E-state index contributed by atoms with van der Waals surface area (Å²) in [5, 5.41) is 21.3. The molecule has 2 aromatic carbocycles.